The molecule has 0 saturated carbocycles. The monoisotopic (exact) mass is 481 g/mol. The largest absolute Gasteiger partial charge is 0.457 e. The third kappa shape index (κ3) is 3.98. The average Bonchev–Trinajstić information content (AvgIpc) is 3.11. The lowest BCUT2D eigenvalue weighted by Crippen LogP contribution is -2.29. The van der Waals surface area contributed by atoms with E-state index in [9.17, 15) is 19.2 Å². The highest BCUT2D eigenvalue weighted by Crippen LogP contribution is 2.30. The Bertz CT molecular complexity index is 1580. The van der Waals surface area contributed by atoms with Crippen LogP contribution in [0.25, 0.3) is 11.0 Å². The van der Waals surface area contributed by atoms with Gasteiger partial charge in [-0.05, 0) is 66.4 Å². The molecule has 7 heteroatoms. The Hall–Kier alpha value is -4.52. The number of anilines is 1. The molecule has 2 amide bonds. The summed E-state index contributed by atoms with van der Waals surface area (Å²) in [6, 6.07) is 17.9. The van der Waals surface area contributed by atoms with E-state index in [1.54, 1.807) is 42.5 Å². The molecule has 0 saturated heterocycles. The summed E-state index contributed by atoms with van der Waals surface area (Å²) in [5, 5.41) is 0.705. The van der Waals surface area contributed by atoms with E-state index in [0.717, 1.165) is 16.0 Å². The molecule has 0 radical (unpaired) electrons. The molecular weight excluding hydrogens is 458 g/mol. The number of hydrogen-bond donors (Lipinski definition) is 0. The second kappa shape index (κ2) is 8.92. The molecule has 0 N–H and O–H groups in total. The van der Waals surface area contributed by atoms with Crippen molar-refractivity contribution in [3.63, 3.8) is 0 Å². The maximum absolute atomic E-state index is 12.9. The molecule has 4 aromatic rings. The Morgan fingerprint density at radius 3 is 2.28 bits per heavy atom. The normalized spacial score (nSPS) is 12.9. The topological polar surface area (TPSA) is 93.9 Å². The average molecular weight is 482 g/mol. The van der Waals surface area contributed by atoms with Crippen LogP contribution in [0.5, 0.6) is 0 Å². The number of carbonyl (C=O) groups is 3. The first-order chi connectivity index (χ1) is 17.2. The lowest BCUT2D eigenvalue weighted by molar-refractivity contribution is 0.0473. The van der Waals surface area contributed by atoms with Crippen LogP contribution in [0, 0.1) is 6.92 Å². The van der Waals surface area contributed by atoms with Gasteiger partial charge in [0, 0.05) is 17.0 Å². The maximum Gasteiger partial charge on any atom is 0.338 e. The van der Waals surface area contributed by atoms with Crippen molar-refractivity contribution < 1.29 is 23.5 Å². The first-order valence-electron chi connectivity index (χ1n) is 11.6. The number of ether oxygens (including phenoxy) is 1. The van der Waals surface area contributed by atoms with Crippen molar-refractivity contribution in [2.75, 3.05) is 4.90 Å². The van der Waals surface area contributed by atoms with Crippen molar-refractivity contribution in [3.05, 3.63) is 111 Å². The van der Waals surface area contributed by atoms with Crippen LogP contribution in [0.15, 0.2) is 75.9 Å². The number of imide groups is 1. The third-order valence-corrected chi connectivity index (χ3v) is 6.33. The molecule has 3 aromatic carbocycles. The molecular formula is C29H23NO6. The van der Waals surface area contributed by atoms with Gasteiger partial charge < -0.3 is 9.15 Å². The van der Waals surface area contributed by atoms with Crippen molar-refractivity contribution >= 4 is 34.4 Å². The number of benzene rings is 3. The second-order valence-electron chi connectivity index (χ2n) is 9.07. The van der Waals surface area contributed by atoms with Gasteiger partial charge in [-0.15, -0.1) is 0 Å². The molecule has 0 bridgehead atoms. The number of rotatable bonds is 5. The summed E-state index contributed by atoms with van der Waals surface area (Å²) < 4.78 is 10.9. The Morgan fingerprint density at radius 2 is 1.61 bits per heavy atom. The molecule has 1 aromatic heterocycles. The standard InChI is InChI=1S/C29H23NO6/c1-16(2)23-14-24-19(13-26(31)36-25(24)11-17(23)3)15-35-29(34)18-7-6-8-20(12-18)30-27(32)21-9-4-5-10-22(21)28(30)33/h4-14,16H,15H2,1-3H3. The molecule has 180 valence electrons. The molecule has 1 aliphatic heterocycles. The van der Waals surface area contributed by atoms with Crippen molar-refractivity contribution in [1.82, 2.24) is 0 Å². The highest BCUT2D eigenvalue weighted by atomic mass is 16.5. The Morgan fingerprint density at radius 1 is 0.917 bits per heavy atom. The zero-order valence-corrected chi connectivity index (χ0v) is 20.0. The molecule has 0 atom stereocenters. The van der Waals surface area contributed by atoms with Crippen LogP contribution in [-0.4, -0.2) is 17.8 Å². The molecule has 7 nitrogen and oxygen atoms in total. The number of carbonyl (C=O) groups excluding carboxylic acids is 3. The van der Waals surface area contributed by atoms with Crippen LogP contribution in [-0.2, 0) is 11.3 Å². The predicted molar refractivity (Wildman–Crippen MR) is 134 cm³/mol. The summed E-state index contributed by atoms with van der Waals surface area (Å²) in [5.41, 5.74) is 3.65. The van der Waals surface area contributed by atoms with E-state index in [1.807, 2.05) is 19.1 Å². The lowest BCUT2D eigenvalue weighted by Gasteiger charge is -2.15. The maximum atomic E-state index is 12.9. The van der Waals surface area contributed by atoms with Crippen LogP contribution in [0.4, 0.5) is 5.69 Å². The highest BCUT2D eigenvalue weighted by molar-refractivity contribution is 6.34. The molecule has 2 heterocycles. The molecule has 36 heavy (non-hydrogen) atoms. The quantitative estimate of drug-likeness (QED) is 0.216. The van der Waals surface area contributed by atoms with Gasteiger partial charge in [-0.2, -0.15) is 0 Å². The van der Waals surface area contributed by atoms with Crippen molar-refractivity contribution in [2.24, 2.45) is 0 Å². The number of amides is 2. The zero-order valence-electron chi connectivity index (χ0n) is 20.0. The first-order valence-corrected chi connectivity index (χ1v) is 11.6. The van der Waals surface area contributed by atoms with Crippen molar-refractivity contribution in [1.29, 1.82) is 0 Å². The fourth-order valence-corrected chi connectivity index (χ4v) is 4.56. The minimum absolute atomic E-state index is 0.140. The number of fused-ring (bicyclic) bond motifs is 2. The fourth-order valence-electron chi connectivity index (χ4n) is 4.56. The van der Waals surface area contributed by atoms with Crippen LogP contribution in [0.2, 0.25) is 0 Å². The zero-order chi connectivity index (χ0) is 25.6. The van der Waals surface area contributed by atoms with Gasteiger partial charge in [0.2, 0.25) is 0 Å². The van der Waals surface area contributed by atoms with E-state index in [2.05, 4.69) is 13.8 Å². The van der Waals surface area contributed by atoms with E-state index in [4.69, 9.17) is 9.15 Å². The SMILES string of the molecule is Cc1cc2oc(=O)cc(COC(=O)c3cccc(N4C(=O)c5ccccc5C4=O)c3)c2cc1C(C)C. The molecule has 0 spiro atoms. The van der Waals surface area contributed by atoms with Gasteiger partial charge in [0.05, 0.1) is 22.4 Å². The molecule has 0 unspecified atom stereocenters. The van der Waals surface area contributed by atoms with E-state index in [0.29, 0.717) is 27.7 Å². The van der Waals surface area contributed by atoms with Crippen molar-refractivity contribution in [3.8, 4) is 0 Å². The number of aryl methyl sites for hydroxylation is 1. The molecule has 0 aliphatic carbocycles. The van der Waals surface area contributed by atoms with Gasteiger partial charge in [0.15, 0.2) is 0 Å². The number of hydrogen-bond acceptors (Lipinski definition) is 6. The van der Waals surface area contributed by atoms with E-state index < -0.39 is 23.4 Å². The first kappa shape index (κ1) is 23.2. The molecule has 5 rings (SSSR count). The van der Waals surface area contributed by atoms with E-state index in [1.165, 1.54) is 12.1 Å². The molecule has 1 aliphatic rings. The van der Waals surface area contributed by atoms with Gasteiger partial charge in [0.1, 0.15) is 12.2 Å². The number of esters is 1. The van der Waals surface area contributed by atoms with Gasteiger partial charge >= 0.3 is 11.6 Å². The van der Waals surface area contributed by atoms with Crippen molar-refractivity contribution in [2.45, 2.75) is 33.3 Å². The summed E-state index contributed by atoms with van der Waals surface area (Å²) in [6.07, 6.45) is 0. The van der Waals surface area contributed by atoms with Crippen LogP contribution >= 0.6 is 0 Å². The third-order valence-electron chi connectivity index (χ3n) is 6.33. The van der Waals surface area contributed by atoms with Gasteiger partial charge in [0.25, 0.3) is 11.8 Å². The minimum atomic E-state index is -0.647. The highest BCUT2D eigenvalue weighted by Gasteiger charge is 2.36. The smallest absolute Gasteiger partial charge is 0.338 e. The minimum Gasteiger partial charge on any atom is -0.457 e. The summed E-state index contributed by atoms with van der Waals surface area (Å²) in [7, 11) is 0. The second-order valence-corrected chi connectivity index (χ2v) is 9.07. The molecule has 0 fully saturated rings. The lowest BCUT2D eigenvalue weighted by atomic mass is 9.95. The summed E-state index contributed by atoms with van der Waals surface area (Å²) in [4.78, 5) is 51.7. The Balaban J connectivity index is 1.41. The van der Waals surface area contributed by atoms with E-state index in [-0.39, 0.29) is 23.8 Å². The Labute approximate surface area is 206 Å². The summed E-state index contributed by atoms with van der Waals surface area (Å²) in [5.74, 6) is -1.27. The predicted octanol–water partition coefficient (Wildman–Crippen LogP) is 5.38. The summed E-state index contributed by atoms with van der Waals surface area (Å²) >= 11 is 0. The van der Waals surface area contributed by atoms with E-state index >= 15 is 0 Å². The van der Waals surface area contributed by atoms with Gasteiger partial charge in [-0.1, -0.05) is 32.0 Å². The number of nitrogens with zero attached hydrogens (tertiary/aromatic N) is 1. The fraction of sp³-hybridized carbons (Fsp3) is 0.172. The Kier molecular flexibility index (Phi) is 5.76. The van der Waals surface area contributed by atoms with Crippen LogP contribution < -0.4 is 10.5 Å². The van der Waals surface area contributed by atoms with Gasteiger partial charge in [-0.3, -0.25) is 9.59 Å². The van der Waals surface area contributed by atoms with Crippen LogP contribution in [0.3, 0.4) is 0 Å². The van der Waals surface area contributed by atoms with Crippen LogP contribution in [0.1, 0.15) is 67.5 Å². The summed E-state index contributed by atoms with van der Waals surface area (Å²) in [6.45, 7) is 5.98. The van der Waals surface area contributed by atoms with Gasteiger partial charge in [-0.25, -0.2) is 14.5 Å².